The summed E-state index contributed by atoms with van der Waals surface area (Å²) in [6.07, 6.45) is 11.7. The van der Waals surface area contributed by atoms with Crippen LogP contribution in [0.3, 0.4) is 0 Å². The molecular formula is C27H40O. The Morgan fingerprint density at radius 3 is 1.89 bits per heavy atom. The van der Waals surface area contributed by atoms with Crippen LogP contribution in [-0.2, 0) is 5.41 Å². The summed E-state index contributed by atoms with van der Waals surface area (Å²) in [5.41, 5.74) is 3.66. The van der Waals surface area contributed by atoms with Crippen LogP contribution in [-0.4, -0.2) is 5.11 Å². The van der Waals surface area contributed by atoms with E-state index in [4.69, 9.17) is 0 Å². The van der Waals surface area contributed by atoms with Crippen molar-refractivity contribution in [3.05, 3.63) is 65.2 Å². The van der Waals surface area contributed by atoms with E-state index >= 15 is 0 Å². The SMILES string of the molecule is CCCCCCC(CCCCC)c1ccccc1C(C)(C)c1ccccc1O. The first-order valence-electron chi connectivity index (χ1n) is 11.4. The van der Waals surface area contributed by atoms with Crippen LogP contribution in [0.2, 0.25) is 0 Å². The molecule has 0 saturated carbocycles. The Labute approximate surface area is 173 Å². The Kier molecular flexibility index (Phi) is 9.09. The zero-order valence-electron chi connectivity index (χ0n) is 18.5. The second-order valence-electron chi connectivity index (χ2n) is 8.77. The summed E-state index contributed by atoms with van der Waals surface area (Å²) in [5.74, 6) is 1.01. The monoisotopic (exact) mass is 380 g/mol. The fraction of sp³-hybridized carbons (Fsp3) is 0.556. The van der Waals surface area contributed by atoms with Crippen LogP contribution in [0.25, 0.3) is 0 Å². The smallest absolute Gasteiger partial charge is 0.119 e. The Morgan fingerprint density at radius 2 is 1.25 bits per heavy atom. The van der Waals surface area contributed by atoms with Crippen molar-refractivity contribution in [2.45, 2.75) is 96.8 Å². The van der Waals surface area contributed by atoms with Crippen LogP contribution in [0.5, 0.6) is 5.75 Å². The first kappa shape index (κ1) is 22.5. The molecule has 0 fully saturated rings. The topological polar surface area (TPSA) is 20.2 Å². The highest BCUT2D eigenvalue weighted by Crippen LogP contribution is 2.42. The molecule has 0 bridgehead atoms. The van der Waals surface area contributed by atoms with E-state index in [1.165, 1.54) is 68.9 Å². The third-order valence-corrected chi connectivity index (χ3v) is 6.21. The molecular weight excluding hydrogens is 340 g/mol. The van der Waals surface area contributed by atoms with E-state index in [2.05, 4.69) is 58.0 Å². The van der Waals surface area contributed by atoms with E-state index in [9.17, 15) is 5.11 Å². The van der Waals surface area contributed by atoms with Crippen molar-refractivity contribution in [2.24, 2.45) is 0 Å². The lowest BCUT2D eigenvalue weighted by Gasteiger charge is -2.32. The van der Waals surface area contributed by atoms with E-state index in [1.54, 1.807) is 0 Å². The molecule has 2 aromatic carbocycles. The van der Waals surface area contributed by atoms with Gasteiger partial charge in [0.05, 0.1) is 0 Å². The summed E-state index contributed by atoms with van der Waals surface area (Å²) in [6, 6.07) is 16.8. The van der Waals surface area contributed by atoms with Crippen LogP contribution in [0.15, 0.2) is 48.5 Å². The second-order valence-corrected chi connectivity index (χ2v) is 8.77. The molecule has 0 aliphatic heterocycles. The summed E-state index contributed by atoms with van der Waals surface area (Å²) < 4.78 is 0. The standard InChI is InChI=1S/C27H40O/c1-5-7-9-11-17-22(16-10-8-6-2)23-18-12-13-19-24(23)27(3,4)25-20-14-15-21-26(25)28/h12-15,18-22,28H,5-11,16-17H2,1-4H3. The number of hydrogen-bond donors (Lipinski definition) is 1. The van der Waals surface area contributed by atoms with Crippen LogP contribution >= 0.6 is 0 Å². The number of unbranched alkanes of at least 4 members (excludes halogenated alkanes) is 5. The summed E-state index contributed by atoms with van der Waals surface area (Å²) in [5, 5.41) is 10.5. The fourth-order valence-corrected chi connectivity index (χ4v) is 4.48. The highest BCUT2D eigenvalue weighted by atomic mass is 16.3. The first-order chi connectivity index (χ1) is 13.5. The van der Waals surface area contributed by atoms with Crippen molar-refractivity contribution >= 4 is 0 Å². The van der Waals surface area contributed by atoms with Crippen molar-refractivity contribution in [3.63, 3.8) is 0 Å². The first-order valence-corrected chi connectivity index (χ1v) is 11.4. The van der Waals surface area contributed by atoms with Crippen molar-refractivity contribution in [1.82, 2.24) is 0 Å². The van der Waals surface area contributed by atoms with Gasteiger partial charge in [-0.15, -0.1) is 0 Å². The number of phenolic OH excluding ortho intramolecular Hbond substituents is 1. The van der Waals surface area contributed by atoms with E-state index in [1.807, 2.05) is 18.2 Å². The number of para-hydroxylation sites is 1. The average Bonchev–Trinajstić information content (AvgIpc) is 2.70. The van der Waals surface area contributed by atoms with Gasteiger partial charge < -0.3 is 5.11 Å². The molecule has 0 aliphatic rings. The minimum absolute atomic E-state index is 0.214. The van der Waals surface area contributed by atoms with Gasteiger partial charge in [-0.1, -0.05) is 115 Å². The quantitative estimate of drug-likeness (QED) is 0.367. The van der Waals surface area contributed by atoms with Gasteiger partial charge in [0.25, 0.3) is 0 Å². The van der Waals surface area contributed by atoms with Gasteiger partial charge >= 0.3 is 0 Å². The molecule has 0 aliphatic carbocycles. The average molecular weight is 381 g/mol. The van der Waals surface area contributed by atoms with E-state index < -0.39 is 0 Å². The number of phenols is 1. The summed E-state index contributed by atoms with van der Waals surface area (Å²) in [4.78, 5) is 0. The number of rotatable bonds is 12. The summed E-state index contributed by atoms with van der Waals surface area (Å²) in [6.45, 7) is 9.07. The van der Waals surface area contributed by atoms with Gasteiger partial charge in [0.2, 0.25) is 0 Å². The number of hydrogen-bond acceptors (Lipinski definition) is 1. The third kappa shape index (κ3) is 5.87. The molecule has 1 unspecified atom stereocenters. The molecule has 28 heavy (non-hydrogen) atoms. The van der Waals surface area contributed by atoms with Gasteiger partial charge in [-0.2, -0.15) is 0 Å². The predicted molar refractivity (Wildman–Crippen MR) is 122 cm³/mol. The van der Waals surface area contributed by atoms with Gasteiger partial charge in [0.1, 0.15) is 5.75 Å². The van der Waals surface area contributed by atoms with Crippen molar-refractivity contribution in [2.75, 3.05) is 0 Å². The van der Waals surface area contributed by atoms with E-state index in [0.29, 0.717) is 11.7 Å². The zero-order valence-corrected chi connectivity index (χ0v) is 18.5. The largest absolute Gasteiger partial charge is 0.508 e. The van der Waals surface area contributed by atoms with Gasteiger partial charge in [0.15, 0.2) is 0 Å². The molecule has 0 radical (unpaired) electrons. The maximum Gasteiger partial charge on any atom is 0.119 e. The predicted octanol–water partition coefficient (Wildman–Crippen LogP) is 8.35. The van der Waals surface area contributed by atoms with Crippen LogP contribution in [0.4, 0.5) is 0 Å². The fourth-order valence-electron chi connectivity index (χ4n) is 4.48. The number of benzene rings is 2. The van der Waals surface area contributed by atoms with Gasteiger partial charge in [-0.25, -0.2) is 0 Å². The summed E-state index contributed by atoms with van der Waals surface area (Å²) in [7, 11) is 0. The van der Waals surface area contributed by atoms with Crippen LogP contribution in [0, 0.1) is 0 Å². The highest BCUT2D eigenvalue weighted by Gasteiger charge is 2.30. The minimum Gasteiger partial charge on any atom is -0.508 e. The molecule has 0 amide bonds. The lowest BCUT2D eigenvalue weighted by molar-refractivity contribution is 0.449. The highest BCUT2D eigenvalue weighted by molar-refractivity contribution is 5.48. The lowest BCUT2D eigenvalue weighted by atomic mass is 9.72. The molecule has 1 atom stereocenters. The molecule has 2 rings (SSSR count). The van der Waals surface area contributed by atoms with Gasteiger partial charge in [0, 0.05) is 11.0 Å². The summed E-state index contributed by atoms with van der Waals surface area (Å²) >= 11 is 0. The molecule has 0 heterocycles. The maximum atomic E-state index is 10.5. The Bertz CT molecular complexity index is 701. The van der Waals surface area contributed by atoms with Crippen molar-refractivity contribution < 1.29 is 5.11 Å². The second kappa shape index (κ2) is 11.3. The van der Waals surface area contributed by atoms with Crippen molar-refractivity contribution in [1.29, 1.82) is 0 Å². The molecule has 0 saturated heterocycles. The molecule has 1 heteroatoms. The van der Waals surface area contributed by atoms with E-state index in [0.717, 1.165) is 5.56 Å². The number of aromatic hydroxyl groups is 1. The molecule has 1 nitrogen and oxygen atoms in total. The maximum absolute atomic E-state index is 10.5. The Morgan fingerprint density at radius 1 is 0.714 bits per heavy atom. The molecule has 1 N–H and O–H groups in total. The Balaban J connectivity index is 2.34. The van der Waals surface area contributed by atoms with Crippen LogP contribution in [0.1, 0.15) is 108 Å². The van der Waals surface area contributed by atoms with Crippen molar-refractivity contribution in [3.8, 4) is 5.75 Å². The molecule has 2 aromatic rings. The van der Waals surface area contributed by atoms with Crippen LogP contribution < -0.4 is 0 Å². The van der Waals surface area contributed by atoms with Gasteiger partial charge in [-0.3, -0.25) is 0 Å². The lowest BCUT2D eigenvalue weighted by Crippen LogP contribution is -2.22. The molecule has 154 valence electrons. The third-order valence-electron chi connectivity index (χ3n) is 6.21. The molecule has 0 aromatic heterocycles. The Hall–Kier alpha value is -1.76. The van der Waals surface area contributed by atoms with E-state index in [-0.39, 0.29) is 5.41 Å². The zero-order chi connectivity index (χ0) is 20.4. The normalized spacial score (nSPS) is 12.9. The van der Waals surface area contributed by atoms with Gasteiger partial charge in [-0.05, 0) is 36.0 Å². The minimum atomic E-state index is -0.214. The molecule has 0 spiro atoms.